The molecule has 0 saturated carbocycles. The molecule has 0 amide bonds. The Kier molecular flexibility index (Phi) is 12.7. The molecule has 1 aliphatic heterocycles. The van der Waals surface area contributed by atoms with Crippen molar-refractivity contribution in [2.45, 2.75) is 105 Å². The number of anilines is 3. The third-order valence-electron chi connectivity index (χ3n) is 13.4. The van der Waals surface area contributed by atoms with E-state index < -0.39 is 0 Å². The van der Waals surface area contributed by atoms with Crippen molar-refractivity contribution in [1.29, 1.82) is 0 Å². The molecule has 9 aromatic rings. The Labute approximate surface area is 434 Å². The molecule has 10 rings (SSSR count). The van der Waals surface area contributed by atoms with E-state index in [2.05, 4.69) is 251 Å². The van der Waals surface area contributed by atoms with E-state index in [0.29, 0.717) is 34.5 Å². The van der Waals surface area contributed by atoms with E-state index >= 15 is 0 Å². The second-order valence-corrected chi connectivity index (χ2v) is 22.8. The zero-order chi connectivity index (χ0) is 49.5. The summed E-state index contributed by atoms with van der Waals surface area (Å²) < 4.78 is 9.48. The fraction of sp³-hybridized carbons (Fsp3) is 0.274. The molecule has 364 valence electrons. The van der Waals surface area contributed by atoms with Crippen LogP contribution in [0.25, 0.3) is 61.8 Å². The summed E-state index contributed by atoms with van der Waals surface area (Å²) in [5, 5.41) is 2.01. The smallest absolute Gasteiger partial charge is 0.162 e. The summed E-state index contributed by atoms with van der Waals surface area (Å²) >= 11 is 0. The number of rotatable bonds is 7. The van der Waals surface area contributed by atoms with Gasteiger partial charge in [-0.05, 0) is 86.7 Å². The quantitative estimate of drug-likeness (QED) is 0.147. The van der Waals surface area contributed by atoms with Crippen molar-refractivity contribution in [2.24, 2.45) is 0 Å². The predicted octanol–water partition coefficient (Wildman–Crippen LogP) is 15.7. The predicted molar refractivity (Wildman–Crippen MR) is 289 cm³/mol. The van der Waals surface area contributed by atoms with Crippen LogP contribution in [0, 0.1) is 18.8 Å². The van der Waals surface area contributed by atoms with Crippen LogP contribution in [0.3, 0.4) is 0 Å². The Hall–Kier alpha value is -6.63. The first-order valence-corrected chi connectivity index (χ1v) is 24.3. The van der Waals surface area contributed by atoms with E-state index in [-0.39, 0.29) is 42.7 Å². The maximum Gasteiger partial charge on any atom is 0.162 e. The topological polar surface area (TPSA) is 72.2 Å². The van der Waals surface area contributed by atoms with Crippen LogP contribution in [0.4, 0.5) is 17.1 Å². The van der Waals surface area contributed by atoms with Gasteiger partial charge < -0.3 is 19.1 Å². The van der Waals surface area contributed by atoms with E-state index in [1.165, 1.54) is 16.7 Å². The minimum Gasteiger partial charge on any atom is -0.508 e. The van der Waals surface area contributed by atoms with E-state index in [9.17, 15) is 0 Å². The minimum absolute atomic E-state index is 0. The number of aromatic nitrogens is 5. The first-order valence-electron chi connectivity index (χ1n) is 24.3. The van der Waals surface area contributed by atoms with Crippen LogP contribution >= 0.6 is 0 Å². The third kappa shape index (κ3) is 9.64. The van der Waals surface area contributed by atoms with E-state index in [4.69, 9.17) is 24.7 Å². The van der Waals surface area contributed by atoms with E-state index in [1.54, 1.807) is 0 Å². The summed E-state index contributed by atoms with van der Waals surface area (Å²) in [5.74, 6) is 3.38. The van der Waals surface area contributed by atoms with Crippen LogP contribution in [-0.2, 0) is 42.7 Å². The van der Waals surface area contributed by atoms with Crippen LogP contribution in [0.5, 0.6) is 11.5 Å². The fourth-order valence-corrected chi connectivity index (χ4v) is 9.12. The van der Waals surface area contributed by atoms with Crippen molar-refractivity contribution in [3.8, 4) is 51.5 Å². The number of hydrogen-bond donors (Lipinski definition) is 0. The molecule has 0 unspecified atom stereocenters. The monoisotopic (exact) mass is 1120 g/mol. The molecule has 3 aromatic heterocycles. The van der Waals surface area contributed by atoms with Crippen molar-refractivity contribution in [3.05, 3.63) is 175 Å². The zero-order valence-corrected chi connectivity index (χ0v) is 45.4. The molecule has 8 nitrogen and oxygen atoms in total. The minimum atomic E-state index is -0.219. The molecule has 0 aliphatic carbocycles. The summed E-state index contributed by atoms with van der Waals surface area (Å²) in [6.07, 6.45) is 1.90. The standard InChI is InChI=1S/C62H62N7O.Pt/c1-59(2,3)41-26-22-39(23-27-41)56-64-57(40-24-28-42(29-25-40)60(4,5)6)66-58(65-56)49-36-48-47-18-14-15-19-50(47)69(55-34-43(30-31-63-55)61(7,8)9)53(48)37-54(49)70-46-33-44(62(10,11)12)32-45(35-46)68-38-67(13)51-20-16-17-21-52(51)68;/h14-34,36,38H,1-13H3;/q-3;. The number of hydrogen-bond acceptors (Lipinski definition) is 7. The van der Waals surface area contributed by atoms with Gasteiger partial charge >= 0.3 is 0 Å². The molecule has 71 heavy (non-hydrogen) atoms. The van der Waals surface area contributed by atoms with Crippen molar-refractivity contribution in [1.82, 2.24) is 24.5 Å². The second kappa shape index (κ2) is 18.2. The summed E-state index contributed by atoms with van der Waals surface area (Å²) in [6, 6.07) is 52.3. The van der Waals surface area contributed by atoms with Gasteiger partial charge in [0.05, 0.1) is 0 Å². The van der Waals surface area contributed by atoms with Gasteiger partial charge in [0.15, 0.2) is 11.6 Å². The Morgan fingerprint density at radius 2 is 1.07 bits per heavy atom. The normalized spacial score (nSPS) is 13.2. The van der Waals surface area contributed by atoms with Crippen LogP contribution < -0.4 is 14.5 Å². The molecule has 9 heteroatoms. The molecule has 6 aromatic carbocycles. The van der Waals surface area contributed by atoms with Gasteiger partial charge in [0.2, 0.25) is 0 Å². The number of nitrogens with zero attached hydrogens (tertiary/aromatic N) is 7. The maximum absolute atomic E-state index is 7.29. The molecule has 0 fully saturated rings. The van der Waals surface area contributed by atoms with Crippen LogP contribution in [-0.4, -0.2) is 31.6 Å². The Bertz CT molecular complexity index is 3360. The molecule has 0 spiro atoms. The van der Waals surface area contributed by atoms with Crippen molar-refractivity contribution in [3.63, 3.8) is 0 Å². The van der Waals surface area contributed by atoms with Gasteiger partial charge in [0.25, 0.3) is 0 Å². The average Bonchev–Trinajstić information content (AvgIpc) is 3.84. The first-order chi connectivity index (χ1) is 33.1. The molecule has 0 saturated heterocycles. The maximum atomic E-state index is 7.29. The van der Waals surface area contributed by atoms with Crippen LogP contribution in [0.1, 0.15) is 105 Å². The molecule has 4 heterocycles. The molecule has 0 radical (unpaired) electrons. The SMILES string of the molecule is CN1[CH-]N(c2[c-]c(Oc3[c-]c4c(cc3-c3nc(-c5ccc(C(C)(C)C)cc5)nc(-c5ccc(C(C)(C)C)cc5)n3)c3ccccc3n4-c3cc(C(C)(C)C)ccn3)cc(C(C)(C)C)c2)c2ccccc21.[Pt]. The second-order valence-electron chi connectivity index (χ2n) is 22.8. The number of pyridine rings is 1. The third-order valence-corrected chi connectivity index (χ3v) is 13.4. The van der Waals surface area contributed by atoms with E-state index in [0.717, 1.165) is 61.4 Å². The Morgan fingerprint density at radius 3 is 1.66 bits per heavy atom. The van der Waals surface area contributed by atoms with Crippen molar-refractivity contribution in [2.75, 3.05) is 16.8 Å². The number of ether oxygens (including phenoxy) is 1. The van der Waals surface area contributed by atoms with Crippen molar-refractivity contribution >= 4 is 38.9 Å². The summed E-state index contributed by atoms with van der Waals surface area (Å²) in [5.41, 5.74) is 11.7. The molecule has 0 bridgehead atoms. The number of fused-ring (bicyclic) bond motifs is 4. The van der Waals surface area contributed by atoms with E-state index in [1.807, 2.05) is 6.20 Å². The number of benzene rings is 6. The summed E-state index contributed by atoms with van der Waals surface area (Å²) in [4.78, 5) is 25.2. The molecular formula is C62H62N7OPt-3. The van der Waals surface area contributed by atoms with Gasteiger partial charge in [-0.25, -0.2) is 19.9 Å². The largest absolute Gasteiger partial charge is 0.508 e. The molecular weight excluding hydrogens is 1050 g/mol. The van der Waals surface area contributed by atoms with Gasteiger partial charge in [0.1, 0.15) is 11.6 Å². The average molecular weight is 1120 g/mol. The summed E-state index contributed by atoms with van der Waals surface area (Å²) in [7, 11) is 2.07. The van der Waals surface area contributed by atoms with Gasteiger partial charge in [-0.3, -0.25) is 0 Å². The molecule has 0 atom stereocenters. The van der Waals surface area contributed by atoms with Crippen LogP contribution in [0.2, 0.25) is 0 Å². The van der Waals surface area contributed by atoms with Gasteiger partial charge in [-0.15, -0.1) is 47.0 Å². The summed E-state index contributed by atoms with van der Waals surface area (Å²) in [6.45, 7) is 28.8. The molecule has 1 aliphatic rings. The molecule has 0 N–H and O–H groups in total. The Morgan fingerprint density at radius 1 is 0.521 bits per heavy atom. The van der Waals surface area contributed by atoms with Gasteiger partial charge in [0, 0.05) is 66.8 Å². The zero-order valence-electron chi connectivity index (χ0n) is 43.1. The number of para-hydroxylation sites is 3. The van der Waals surface area contributed by atoms with Gasteiger partial charge in [-0.2, -0.15) is 6.67 Å². The first kappa shape index (κ1) is 49.4. The van der Waals surface area contributed by atoms with Gasteiger partial charge in [-0.1, -0.05) is 167 Å². The Balaban J connectivity index is 0.00000624. The fourth-order valence-electron chi connectivity index (χ4n) is 9.12. The van der Waals surface area contributed by atoms with Crippen molar-refractivity contribution < 1.29 is 25.8 Å². The van der Waals surface area contributed by atoms with Crippen LogP contribution in [0.15, 0.2) is 134 Å².